The maximum Gasteiger partial charge on any atom is 0.143 e. The number of hydrogen-bond acceptors (Lipinski definition) is 3. The Hall–Kier alpha value is -0.640. The molecule has 1 saturated carbocycles. The van der Waals surface area contributed by atoms with Crippen LogP contribution in [0.1, 0.15) is 19.8 Å². The fourth-order valence-electron chi connectivity index (χ4n) is 1.92. The van der Waals surface area contributed by atoms with Gasteiger partial charge in [-0.25, -0.2) is 9.97 Å². The molecule has 1 aromatic rings. The number of anilines is 1. The van der Waals surface area contributed by atoms with Gasteiger partial charge >= 0.3 is 0 Å². The van der Waals surface area contributed by atoms with Gasteiger partial charge in [-0.3, -0.25) is 0 Å². The summed E-state index contributed by atoms with van der Waals surface area (Å²) in [4.78, 5) is 8.08. The second-order valence-electron chi connectivity index (χ2n) is 4.04. The van der Waals surface area contributed by atoms with Gasteiger partial charge in [-0.05, 0) is 40.6 Å². The summed E-state index contributed by atoms with van der Waals surface area (Å²) in [6.07, 6.45) is 6.01. The third kappa shape index (κ3) is 2.23. The summed E-state index contributed by atoms with van der Waals surface area (Å²) in [6, 6.07) is 0. The number of halogens is 1. The van der Waals surface area contributed by atoms with Crippen molar-refractivity contribution >= 4 is 21.7 Å². The van der Waals surface area contributed by atoms with Gasteiger partial charge in [0.1, 0.15) is 12.1 Å². The molecule has 3 nitrogen and oxygen atoms in total. The molecule has 1 aromatic heterocycles. The van der Waals surface area contributed by atoms with Crippen molar-refractivity contribution in [2.45, 2.75) is 19.8 Å². The minimum absolute atomic E-state index is 0.826. The van der Waals surface area contributed by atoms with Crippen LogP contribution in [0.4, 0.5) is 5.82 Å². The molecule has 0 aliphatic heterocycles. The standard InChI is InChI=1S/C10H14BrN3/c1-7-2-8(3-7)4-13-10-9(11)5-12-6-14-10/h5-8H,2-4H2,1H3,(H,12,13,14). The average Bonchev–Trinajstić information content (AvgIpc) is 2.13. The zero-order valence-electron chi connectivity index (χ0n) is 8.20. The molecular formula is C10H14BrN3. The van der Waals surface area contributed by atoms with E-state index >= 15 is 0 Å². The first-order chi connectivity index (χ1) is 6.75. The summed E-state index contributed by atoms with van der Waals surface area (Å²) in [7, 11) is 0. The van der Waals surface area contributed by atoms with E-state index in [1.54, 1.807) is 12.5 Å². The molecule has 0 aromatic carbocycles. The highest BCUT2D eigenvalue weighted by Crippen LogP contribution is 2.33. The first kappa shape index (κ1) is 9.90. The lowest BCUT2D eigenvalue weighted by Crippen LogP contribution is -2.27. The molecule has 0 spiro atoms. The van der Waals surface area contributed by atoms with Crippen LogP contribution >= 0.6 is 15.9 Å². The van der Waals surface area contributed by atoms with Crippen LogP contribution in [0.25, 0.3) is 0 Å². The van der Waals surface area contributed by atoms with Gasteiger partial charge in [0.2, 0.25) is 0 Å². The van der Waals surface area contributed by atoms with E-state index in [-0.39, 0.29) is 0 Å². The molecule has 0 bridgehead atoms. The molecule has 1 aliphatic rings. The Balaban J connectivity index is 1.83. The fourth-order valence-corrected chi connectivity index (χ4v) is 2.28. The van der Waals surface area contributed by atoms with Crippen molar-refractivity contribution < 1.29 is 0 Å². The van der Waals surface area contributed by atoms with Gasteiger partial charge in [-0.15, -0.1) is 0 Å². The second-order valence-corrected chi connectivity index (χ2v) is 4.90. The van der Waals surface area contributed by atoms with E-state index < -0.39 is 0 Å². The van der Waals surface area contributed by atoms with Crippen LogP contribution in [-0.4, -0.2) is 16.5 Å². The van der Waals surface area contributed by atoms with Crippen molar-refractivity contribution in [1.82, 2.24) is 9.97 Å². The first-order valence-corrected chi connectivity index (χ1v) is 5.74. The number of rotatable bonds is 3. The van der Waals surface area contributed by atoms with Crippen molar-refractivity contribution in [1.29, 1.82) is 0 Å². The topological polar surface area (TPSA) is 37.8 Å². The average molecular weight is 256 g/mol. The molecule has 0 atom stereocenters. The Kier molecular flexibility index (Phi) is 3.01. The minimum Gasteiger partial charge on any atom is -0.369 e. The van der Waals surface area contributed by atoms with Crippen LogP contribution in [0.3, 0.4) is 0 Å². The zero-order valence-corrected chi connectivity index (χ0v) is 9.79. The maximum absolute atomic E-state index is 4.16. The zero-order chi connectivity index (χ0) is 9.97. The molecule has 4 heteroatoms. The van der Waals surface area contributed by atoms with Crippen molar-refractivity contribution in [2.24, 2.45) is 11.8 Å². The summed E-state index contributed by atoms with van der Waals surface area (Å²) < 4.78 is 0.937. The predicted octanol–water partition coefficient (Wildman–Crippen LogP) is 2.70. The highest BCUT2D eigenvalue weighted by Gasteiger charge is 2.24. The number of aromatic nitrogens is 2. The molecule has 0 unspecified atom stereocenters. The van der Waals surface area contributed by atoms with E-state index in [0.29, 0.717) is 0 Å². The molecule has 0 saturated heterocycles. The number of nitrogens with one attached hydrogen (secondary N) is 1. The van der Waals surface area contributed by atoms with Gasteiger partial charge in [0.25, 0.3) is 0 Å². The summed E-state index contributed by atoms with van der Waals surface area (Å²) in [5, 5.41) is 3.34. The van der Waals surface area contributed by atoms with E-state index in [1.807, 2.05) is 0 Å². The SMILES string of the molecule is CC1CC(CNc2ncncc2Br)C1. The Labute approximate surface area is 92.5 Å². The monoisotopic (exact) mass is 255 g/mol. The smallest absolute Gasteiger partial charge is 0.143 e. The van der Waals surface area contributed by atoms with E-state index in [2.05, 4.69) is 38.1 Å². The van der Waals surface area contributed by atoms with Gasteiger partial charge in [0.05, 0.1) is 4.47 Å². The third-order valence-electron chi connectivity index (χ3n) is 2.70. The molecular weight excluding hydrogens is 242 g/mol. The molecule has 0 radical (unpaired) electrons. The highest BCUT2D eigenvalue weighted by molar-refractivity contribution is 9.10. The Morgan fingerprint density at radius 1 is 1.57 bits per heavy atom. The van der Waals surface area contributed by atoms with Crippen LogP contribution < -0.4 is 5.32 Å². The largest absolute Gasteiger partial charge is 0.369 e. The lowest BCUT2D eigenvalue weighted by atomic mass is 9.76. The molecule has 0 amide bonds. The molecule has 2 rings (SSSR count). The van der Waals surface area contributed by atoms with Crippen molar-refractivity contribution in [3.05, 3.63) is 17.0 Å². The minimum atomic E-state index is 0.826. The molecule has 1 heterocycles. The van der Waals surface area contributed by atoms with Gasteiger partial charge in [-0.2, -0.15) is 0 Å². The summed E-state index contributed by atoms with van der Waals surface area (Å²) >= 11 is 3.41. The van der Waals surface area contributed by atoms with Crippen LogP contribution in [0, 0.1) is 11.8 Å². The number of nitrogens with zero attached hydrogens (tertiary/aromatic N) is 2. The molecule has 1 aliphatic carbocycles. The Bertz CT molecular complexity index is 310. The van der Waals surface area contributed by atoms with Crippen molar-refractivity contribution in [2.75, 3.05) is 11.9 Å². The second kappa shape index (κ2) is 4.26. The van der Waals surface area contributed by atoms with Gasteiger partial charge < -0.3 is 5.32 Å². The van der Waals surface area contributed by atoms with Crippen molar-refractivity contribution in [3.8, 4) is 0 Å². The van der Waals surface area contributed by atoms with E-state index in [1.165, 1.54) is 12.8 Å². The van der Waals surface area contributed by atoms with Crippen LogP contribution in [0.15, 0.2) is 17.0 Å². The lowest BCUT2D eigenvalue weighted by Gasteiger charge is -2.32. The fraction of sp³-hybridized carbons (Fsp3) is 0.600. The van der Waals surface area contributed by atoms with E-state index in [0.717, 1.165) is 28.7 Å². The molecule has 1 fully saturated rings. The Morgan fingerprint density at radius 3 is 3.00 bits per heavy atom. The summed E-state index contributed by atoms with van der Waals surface area (Å²) in [5.41, 5.74) is 0. The van der Waals surface area contributed by atoms with Gasteiger partial charge in [0, 0.05) is 12.7 Å². The predicted molar refractivity (Wildman–Crippen MR) is 60.1 cm³/mol. The van der Waals surface area contributed by atoms with Crippen molar-refractivity contribution in [3.63, 3.8) is 0 Å². The van der Waals surface area contributed by atoms with E-state index in [4.69, 9.17) is 0 Å². The van der Waals surface area contributed by atoms with E-state index in [9.17, 15) is 0 Å². The molecule has 14 heavy (non-hydrogen) atoms. The van der Waals surface area contributed by atoms with Crippen LogP contribution in [0.5, 0.6) is 0 Å². The quantitative estimate of drug-likeness (QED) is 0.903. The lowest BCUT2D eigenvalue weighted by molar-refractivity contribution is 0.225. The summed E-state index contributed by atoms with van der Waals surface area (Å²) in [5.74, 6) is 2.64. The van der Waals surface area contributed by atoms with Crippen LogP contribution in [0.2, 0.25) is 0 Å². The Morgan fingerprint density at radius 2 is 2.36 bits per heavy atom. The third-order valence-corrected chi connectivity index (χ3v) is 3.28. The number of hydrogen-bond donors (Lipinski definition) is 1. The normalized spacial score (nSPS) is 25.6. The molecule has 76 valence electrons. The highest BCUT2D eigenvalue weighted by atomic mass is 79.9. The van der Waals surface area contributed by atoms with Crippen LogP contribution in [-0.2, 0) is 0 Å². The van der Waals surface area contributed by atoms with Gasteiger partial charge in [0.15, 0.2) is 0 Å². The summed E-state index contributed by atoms with van der Waals surface area (Å²) in [6.45, 7) is 3.33. The molecule has 1 N–H and O–H groups in total. The maximum atomic E-state index is 4.16. The first-order valence-electron chi connectivity index (χ1n) is 4.95. The van der Waals surface area contributed by atoms with Gasteiger partial charge in [-0.1, -0.05) is 6.92 Å².